The molecule has 1 aliphatic heterocycles. The number of hydrogen-bond acceptors (Lipinski definition) is 1. The van der Waals surface area contributed by atoms with Crippen molar-refractivity contribution in [1.29, 1.82) is 0 Å². The van der Waals surface area contributed by atoms with Crippen molar-refractivity contribution in [3.63, 3.8) is 0 Å². The molecule has 1 heterocycles. The predicted octanol–water partition coefficient (Wildman–Crippen LogP) is 4.30. The Bertz CT molecular complexity index is 431. The van der Waals surface area contributed by atoms with E-state index < -0.39 is 0 Å². The quantitative estimate of drug-likeness (QED) is 0.858. The second-order valence-electron chi connectivity index (χ2n) is 6.27. The first-order valence-corrected chi connectivity index (χ1v) is 7.32. The maximum atomic E-state index is 13.9. The van der Waals surface area contributed by atoms with Crippen molar-refractivity contribution >= 4 is 15.9 Å². The Morgan fingerprint density at radius 1 is 1.39 bits per heavy atom. The predicted molar refractivity (Wildman–Crippen MR) is 77.2 cm³/mol. The Hall–Kier alpha value is -0.410. The van der Waals surface area contributed by atoms with Crippen LogP contribution in [-0.2, 0) is 6.42 Å². The van der Waals surface area contributed by atoms with E-state index in [1.807, 2.05) is 6.07 Å². The number of benzene rings is 1. The molecule has 0 radical (unpaired) electrons. The molecule has 1 nitrogen and oxygen atoms in total. The van der Waals surface area contributed by atoms with Crippen molar-refractivity contribution in [1.82, 2.24) is 5.32 Å². The van der Waals surface area contributed by atoms with Gasteiger partial charge in [0.05, 0.1) is 0 Å². The van der Waals surface area contributed by atoms with E-state index in [1.165, 1.54) is 6.42 Å². The Morgan fingerprint density at radius 2 is 2.11 bits per heavy atom. The van der Waals surface area contributed by atoms with Crippen molar-refractivity contribution in [2.45, 2.75) is 45.6 Å². The van der Waals surface area contributed by atoms with Crippen molar-refractivity contribution in [2.75, 3.05) is 6.54 Å². The molecule has 0 bridgehead atoms. The molecule has 1 atom stereocenters. The Balaban J connectivity index is 2.32. The van der Waals surface area contributed by atoms with E-state index in [0.29, 0.717) is 0 Å². The first-order chi connectivity index (χ1) is 8.34. The minimum absolute atomic E-state index is 0.00856. The van der Waals surface area contributed by atoms with Gasteiger partial charge in [0.15, 0.2) is 0 Å². The van der Waals surface area contributed by atoms with E-state index >= 15 is 0 Å². The van der Waals surface area contributed by atoms with Crippen LogP contribution >= 0.6 is 15.9 Å². The lowest BCUT2D eigenvalue weighted by molar-refractivity contribution is 0.158. The summed E-state index contributed by atoms with van der Waals surface area (Å²) in [7, 11) is 0. The number of nitrogens with one attached hydrogen (secondary N) is 1. The molecule has 1 saturated heterocycles. The van der Waals surface area contributed by atoms with E-state index in [-0.39, 0.29) is 16.8 Å². The van der Waals surface area contributed by atoms with Crippen LogP contribution in [0.25, 0.3) is 0 Å². The zero-order valence-corrected chi connectivity index (χ0v) is 12.9. The first kappa shape index (κ1) is 14.0. The highest BCUT2D eigenvalue weighted by atomic mass is 79.9. The van der Waals surface area contributed by atoms with Gasteiger partial charge >= 0.3 is 0 Å². The molecule has 1 aromatic rings. The van der Waals surface area contributed by atoms with Gasteiger partial charge in [-0.15, -0.1) is 0 Å². The summed E-state index contributed by atoms with van der Waals surface area (Å²) in [5, 5.41) is 3.62. The van der Waals surface area contributed by atoms with E-state index in [9.17, 15) is 4.39 Å². The fourth-order valence-corrected chi connectivity index (χ4v) is 3.27. The summed E-state index contributed by atoms with van der Waals surface area (Å²) in [6, 6.07) is 5.21. The van der Waals surface area contributed by atoms with Gasteiger partial charge in [0.1, 0.15) is 5.82 Å². The van der Waals surface area contributed by atoms with Crippen molar-refractivity contribution in [3.8, 4) is 0 Å². The maximum absolute atomic E-state index is 13.9. The zero-order valence-electron chi connectivity index (χ0n) is 11.3. The first-order valence-electron chi connectivity index (χ1n) is 6.53. The molecule has 1 aromatic carbocycles. The van der Waals surface area contributed by atoms with Gasteiger partial charge < -0.3 is 5.32 Å². The van der Waals surface area contributed by atoms with Gasteiger partial charge in [0.2, 0.25) is 0 Å². The third-order valence-corrected chi connectivity index (χ3v) is 4.67. The van der Waals surface area contributed by atoms with Crippen LogP contribution in [0.4, 0.5) is 4.39 Å². The molecular weight excluding hydrogens is 293 g/mol. The van der Waals surface area contributed by atoms with Gasteiger partial charge in [0.25, 0.3) is 0 Å². The highest BCUT2D eigenvalue weighted by molar-refractivity contribution is 9.10. The number of hydrogen-bond donors (Lipinski definition) is 1. The van der Waals surface area contributed by atoms with Crippen molar-refractivity contribution < 1.29 is 4.39 Å². The summed E-state index contributed by atoms with van der Waals surface area (Å²) in [5.41, 5.74) is 0.932. The molecule has 0 spiro atoms. The van der Waals surface area contributed by atoms with Crippen LogP contribution in [0.2, 0.25) is 0 Å². The number of rotatable bonds is 2. The third kappa shape index (κ3) is 2.62. The van der Waals surface area contributed by atoms with Crippen LogP contribution in [0.1, 0.15) is 39.2 Å². The molecule has 0 saturated carbocycles. The van der Waals surface area contributed by atoms with Gasteiger partial charge in [-0.05, 0) is 55.0 Å². The molecule has 18 heavy (non-hydrogen) atoms. The molecule has 1 unspecified atom stereocenters. The van der Waals surface area contributed by atoms with Gasteiger partial charge in [-0.25, -0.2) is 4.39 Å². The van der Waals surface area contributed by atoms with Crippen LogP contribution < -0.4 is 5.32 Å². The molecule has 0 amide bonds. The molecule has 100 valence electrons. The molecule has 0 aromatic heterocycles. The lowest BCUT2D eigenvalue weighted by atomic mass is 9.69. The van der Waals surface area contributed by atoms with E-state index in [0.717, 1.165) is 29.4 Å². The fourth-order valence-electron chi connectivity index (χ4n) is 2.87. The molecule has 1 fully saturated rings. The maximum Gasteiger partial charge on any atom is 0.126 e. The van der Waals surface area contributed by atoms with Gasteiger partial charge in [0, 0.05) is 10.0 Å². The van der Waals surface area contributed by atoms with Crippen LogP contribution in [0.15, 0.2) is 22.7 Å². The monoisotopic (exact) mass is 313 g/mol. The SMILES string of the molecule is CC(C)(C)C1(Cc2cc(Br)ccc2F)CCCN1. The van der Waals surface area contributed by atoms with Crippen molar-refractivity contribution in [3.05, 3.63) is 34.1 Å². The molecular formula is C15H21BrFN. The topological polar surface area (TPSA) is 12.0 Å². The van der Waals surface area contributed by atoms with E-state index in [2.05, 4.69) is 42.0 Å². The lowest BCUT2D eigenvalue weighted by Crippen LogP contribution is -2.52. The molecule has 1 N–H and O–H groups in total. The highest BCUT2D eigenvalue weighted by Crippen LogP contribution is 2.40. The van der Waals surface area contributed by atoms with E-state index in [1.54, 1.807) is 12.1 Å². The minimum atomic E-state index is -0.101. The molecule has 2 rings (SSSR count). The summed E-state index contributed by atoms with van der Waals surface area (Å²) in [6.45, 7) is 7.75. The van der Waals surface area contributed by atoms with Gasteiger partial charge in [-0.1, -0.05) is 36.7 Å². The van der Waals surface area contributed by atoms with E-state index in [4.69, 9.17) is 0 Å². The largest absolute Gasteiger partial charge is 0.310 e. The highest BCUT2D eigenvalue weighted by Gasteiger charge is 2.44. The zero-order chi connectivity index (χ0) is 13.4. The Kier molecular flexibility index (Phi) is 3.84. The van der Waals surface area contributed by atoms with Crippen molar-refractivity contribution in [2.24, 2.45) is 5.41 Å². The smallest absolute Gasteiger partial charge is 0.126 e. The fraction of sp³-hybridized carbons (Fsp3) is 0.600. The average molecular weight is 314 g/mol. The Labute approximate surface area is 117 Å². The normalized spacial score (nSPS) is 24.5. The summed E-state index contributed by atoms with van der Waals surface area (Å²) in [5.74, 6) is -0.101. The Morgan fingerprint density at radius 3 is 2.67 bits per heavy atom. The lowest BCUT2D eigenvalue weighted by Gasteiger charge is -2.42. The molecule has 0 aliphatic carbocycles. The van der Waals surface area contributed by atoms with Crippen LogP contribution in [0.5, 0.6) is 0 Å². The summed E-state index contributed by atoms with van der Waals surface area (Å²) < 4.78 is 14.9. The van der Waals surface area contributed by atoms with Gasteiger partial charge in [-0.3, -0.25) is 0 Å². The molecule has 1 aliphatic rings. The standard InChI is InChI=1S/C15H21BrFN/c1-14(2,3)15(7-4-8-18-15)10-11-9-12(16)5-6-13(11)17/h5-6,9,18H,4,7-8,10H2,1-3H3. The second kappa shape index (κ2) is 4.93. The summed E-state index contributed by atoms with van der Waals surface area (Å²) in [4.78, 5) is 0. The summed E-state index contributed by atoms with van der Waals surface area (Å²) in [6.07, 6.45) is 3.04. The number of halogens is 2. The van der Waals surface area contributed by atoms with Crippen LogP contribution in [0.3, 0.4) is 0 Å². The minimum Gasteiger partial charge on any atom is -0.310 e. The molecule has 3 heteroatoms. The van der Waals surface area contributed by atoms with Crippen LogP contribution in [0, 0.1) is 11.2 Å². The van der Waals surface area contributed by atoms with Gasteiger partial charge in [-0.2, -0.15) is 0 Å². The van der Waals surface area contributed by atoms with Crippen LogP contribution in [-0.4, -0.2) is 12.1 Å². The average Bonchev–Trinajstić information content (AvgIpc) is 2.72. The summed E-state index contributed by atoms with van der Waals surface area (Å²) >= 11 is 3.43. The third-order valence-electron chi connectivity index (χ3n) is 4.18. The second-order valence-corrected chi connectivity index (χ2v) is 7.19.